The molecule has 3 rings (SSSR count). The first-order valence-corrected chi connectivity index (χ1v) is 11.3. The molecule has 1 aliphatic heterocycles. The third-order valence-corrected chi connectivity index (χ3v) is 6.68. The maximum atomic E-state index is 14.4. The van der Waals surface area contributed by atoms with Crippen LogP contribution in [0.25, 0.3) is 0 Å². The summed E-state index contributed by atoms with van der Waals surface area (Å²) in [5.74, 6) is -1.77. The van der Waals surface area contributed by atoms with E-state index < -0.39 is 28.5 Å². The van der Waals surface area contributed by atoms with E-state index in [0.717, 1.165) is 10.4 Å². The molecule has 9 nitrogen and oxygen atoms in total. The minimum atomic E-state index is -4.17. The summed E-state index contributed by atoms with van der Waals surface area (Å²) in [4.78, 5) is 27.3. The van der Waals surface area contributed by atoms with E-state index in [1.54, 1.807) is 29.2 Å². The van der Waals surface area contributed by atoms with Gasteiger partial charge in [0, 0.05) is 27.2 Å². The number of carbonyl (C=O) groups is 2. The van der Waals surface area contributed by atoms with Gasteiger partial charge in [-0.2, -0.15) is 12.7 Å². The minimum Gasteiger partial charge on any atom is -0.378 e. The van der Waals surface area contributed by atoms with Crippen molar-refractivity contribution in [1.82, 2.24) is 9.21 Å². The van der Waals surface area contributed by atoms with Crippen molar-refractivity contribution in [1.29, 1.82) is 0 Å². The van der Waals surface area contributed by atoms with Gasteiger partial charge in [-0.05, 0) is 24.3 Å². The van der Waals surface area contributed by atoms with E-state index in [9.17, 15) is 22.4 Å². The summed E-state index contributed by atoms with van der Waals surface area (Å²) in [6.07, 6.45) is 0. The number of nitrogens with zero attached hydrogens (tertiary/aromatic N) is 3. The second-order valence-electron chi connectivity index (χ2n) is 7.25. The topological polar surface area (TPSA) is 99.3 Å². The lowest BCUT2D eigenvalue weighted by Crippen LogP contribution is -2.45. The van der Waals surface area contributed by atoms with Crippen LogP contribution in [0, 0.1) is 5.82 Å². The van der Waals surface area contributed by atoms with Gasteiger partial charge in [0.15, 0.2) is 0 Å². The maximum Gasteiger partial charge on any atom is 0.304 e. The molecule has 2 aromatic rings. The van der Waals surface area contributed by atoms with Crippen LogP contribution >= 0.6 is 0 Å². The molecule has 1 heterocycles. The molecule has 32 heavy (non-hydrogen) atoms. The van der Waals surface area contributed by atoms with Crippen LogP contribution in [0.1, 0.15) is 10.4 Å². The SMILES string of the molecule is CN(C)S(=O)(=O)N(CC(=O)Nc1ccccc1C(=O)N1CCOCC1)c1ccccc1F. The van der Waals surface area contributed by atoms with Crippen LogP contribution in [0.5, 0.6) is 0 Å². The second-order valence-corrected chi connectivity index (χ2v) is 9.31. The summed E-state index contributed by atoms with van der Waals surface area (Å²) in [7, 11) is -1.59. The molecule has 1 aliphatic rings. The lowest BCUT2D eigenvalue weighted by Gasteiger charge is -2.28. The van der Waals surface area contributed by atoms with Gasteiger partial charge in [-0.3, -0.25) is 9.59 Å². The van der Waals surface area contributed by atoms with Crippen molar-refractivity contribution in [2.45, 2.75) is 0 Å². The highest BCUT2D eigenvalue weighted by Crippen LogP contribution is 2.24. The zero-order chi connectivity index (χ0) is 23.3. The number of hydrogen-bond donors (Lipinski definition) is 1. The molecule has 1 N–H and O–H groups in total. The van der Waals surface area contributed by atoms with Crippen LogP contribution in [0.4, 0.5) is 15.8 Å². The molecule has 172 valence electrons. The fourth-order valence-electron chi connectivity index (χ4n) is 3.18. The molecular formula is C21H25FN4O5S. The molecule has 0 aliphatic carbocycles. The lowest BCUT2D eigenvalue weighted by molar-refractivity contribution is -0.114. The Morgan fingerprint density at radius 1 is 1.06 bits per heavy atom. The monoisotopic (exact) mass is 464 g/mol. The molecule has 1 saturated heterocycles. The first-order valence-electron chi connectivity index (χ1n) is 9.92. The number of para-hydroxylation sites is 2. The van der Waals surface area contributed by atoms with Crippen LogP contribution in [0.2, 0.25) is 0 Å². The number of amides is 2. The molecule has 0 atom stereocenters. The lowest BCUT2D eigenvalue weighted by atomic mass is 10.1. The molecule has 0 saturated carbocycles. The van der Waals surface area contributed by atoms with Gasteiger partial charge in [-0.25, -0.2) is 8.70 Å². The van der Waals surface area contributed by atoms with Gasteiger partial charge in [0.25, 0.3) is 5.91 Å². The highest BCUT2D eigenvalue weighted by Gasteiger charge is 2.30. The molecule has 11 heteroatoms. The van der Waals surface area contributed by atoms with E-state index in [4.69, 9.17) is 4.74 Å². The predicted molar refractivity (Wildman–Crippen MR) is 118 cm³/mol. The van der Waals surface area contributed by atoms with Gasteiger partial charge in [0.05, 0.1) is 30.2 Å². The molecule has 0 radical (unpaired) electrons. The normalized spacial score (nSPS) is 14.3. The molecule has 0 spiro atoms. The Labute approximate surface area is 186 Å². The van der Waals surface area contributed by atoms with E-state index >= 15 is 0 Å². The van der Waals surface area contributed by atoms with Crippen molar-refractivity contribution < 1.29 is 27.1 Å². The summed E-state index contributed by atoms with van der Waals surface area (Å²) in [6.45, 7) is 1.05. The number of rotatable bonds is 7. The predicted octanol–water partition coefficient (Wildman–Crippen LogP) is 1.55. The van der Waals surface area contributed by atoms with Crippen molar-refractivity contribution in [3.63, 3.8) is 0 Å². The average Bonchev–Trinajstić information content (AvgIpc) is 2.78. The third-order valence-electron chi connectivity index (χ3n) is 4.88. The van der Waals surface area contributed by atoms with E-state index in [1.165, 1.54) is 32.3 Å². The van der Waals surface area contributed by atoms with Gasteiger partial charge in [-0.15, -0.1) is 0 Å². The van der Waals surface area contributed by atoms with Gasteiger partial charge >= 0.3 is 10.2 Å². The third kappa shape index (κ3) is 5.23. The number of anilines is 2. The number of carbonyl (C=O) groups excluding carboxylic acids is 2. The van der Waals surface area contributed by atoms with Crippen molar-refractivity contribution in [3.8, 4) is 0 Å². The van der Waals surface area contributed by atoms with Crippen LogP contribution in [0.3, 0.4) is 0 Å². The Hall–Kier alpha value is -3.02. The van der Waals surface area contributed by atoms with Crippen molar-refractivity contribution in [2.24, 2.45) is 0 Å². The summed E-state index contributed by atoms with van der Waals surface area (Å²) in [5, 5.41) is 2.60. The van der Waals surface area contributed by atoms with E-state index in [-0.39, 0.29) is 22.8 Å². The molecule has 1 fully saturated rings. The van der Waals surface area contributed by atoms with Gasteiger partial charge in [-0.1, -0.05) is 24.3 Å². The first kappa shape index (κ1) is 23.6. The van der Waals surface area contributed by atoms with Crippen LogP contribution in [0.15, 0.2) is 48.5 Å². The number of hydrogen-bond acceptors (Lipinski definition) is 5. The van der Waals surface area contributed by atoms with Crippen LogP contribution in [-0.2, 0) is 19.7 Å². The number of benzene rings is 2. The fraction of sp³-hybridized carbons (Fsp3) is 0.333. The summed E-state index contributed by atoms with van der Waals surface area (Å²) < 4.78 is 46.8. The molecule has 2 amide bonds. The first-order chi connectivity index (χ1) is 15.2. The highest BCUT2D eigenvalue weighted by atomic mass is 32.2. The standard InChI is InChI=1S/C21H25FN4O5S/c1-24(2)32(29,30)26(19-10-6-4-8-17(19)22)15-20(27)23-18-9-5-3-7-16(18)21(28)25-11-13-31-14-12-25/h3-10H,11-15H2,1-2H3,(H,23,27). The van der Waals surface area contributed by atoms with Gasteiger partial charge in [0.2, 0.25) is 5.91 Å². The number of morpholine rings is 1. The molecule has 0 unspecified atom stereocenters. The Balaban J connectivity index is 1.85. The number of halogens is 1. The van der Waals surface area contributed by atoms with Crippen molar-refractivity contribution in [2.75, 3.05) is 56.6 Å². The van der Waals surface area contributed by atoms with E-state index in [1.807, 2.05) is 0 Å². The smallest absolute Gasteiger partial charge is 0.304 e. The van der Waals surface area contributed by atoms with Crippen LogP contribution < -0.4 is 9.62 Å². The Morgan fingerprint density at radius 3 is 2.34 bits per heavy atom. The van der Waals surface area contributed by atoms with E-state index in [0.29, 0.717) is 30.6 Å². The highest BCUT2D eigenvalue weighted by molar-refractivity contribution is 7.90. The molecular weight excluding hydrogens is 439 g/mol. The quantitative estimate of drug-likeness (QED) is 0.670. The Morgan fingerprint density at radius 2 is 1.69 bits per heavy atom. The summed E-state index contributed by atoms with van der Waals surface area (Å²) in [6, 6.07) is 11.7. The van der Waals surface area contributed by atoms with E-state index in [2.05, 4.69) is 5.32 Å². The zero-order valence-electron chi connectivity index (χ0n) is 17.8. The molecule has 0 bridgehead atoms. The molecule has 2 aromatic carbocycles. The molecule has 0 aromatic heterocycles. The number of ether oxygens (including phenoxy) is 1. The maximum absolute atomic E-state index is 14.4. The largest absolute Gasteiger partial charge is 0.378 e. The average molecular weight is 465 g/mol. The fourth-order valence-corrected chi connectivity index (χ4v) is 4.25. The minimum absolute atomic E-state index is 0.240. The van der Waals surface area contributed by atoms with Crippen molar-refractivity contribution >= 4 is 33.4 Å². The van der Waals surface area contributed by atoms with Gasteiger partial charge in [0.1, 0.15) is 12.4 Å². The summed E-state index contributed by atoms with van der Waals surface area (Å²) >= 11 is 0. The Bertz CT molecular complexity index is 1090. The Kier molecular flexibility index (Phi) is 7.44. The zero-order valence-corrected chi connectivity index (χ0v) is 18.6. The summed E-state index contributed by atoms with van der Waals surface area (Å²) in [5.41, 5.74) is 0.259. The van der Waals surface area contributed by atoms with Crippen LogP contribution in [-0.4, -0.2) is 76.4 Å². The number of nitrogens with one attached hydrogen (secondary N) is 1. The van der Waals surface area contributed by atoms with Gasteiger partial charge < -0.3 is 15.0 Å². The second kappa shape index (κ2) is 10.1. The van der Waals surface area contributed by atoms with Crippen molar-refractivity contribution in [3.05, 3.63) is 59.9 Å².